The molecule has 0 atom stereocenters. The number of nitrogens with zero attached hydrogens (tertiary/aromatic N) is 1. The van der Waals surface area contributed by atoms with E-state index in [2.05, 4.69) is 24.8 Å². The second-order valence-electron chi connectivity index (χ2n) is 6.29. The van der Waals surface area contributed by atoms with Gasteiger partial charge in [0.2, 0.25) is 0 Å². The van der Waals surface area contributed by atoms with E-state index in [0.29, 0.717) is 5.41 Å². The standard InChI is InChI=1S/C18H29NO2/c1-4-18(5-2)8-10-19(11-9-18)13-16-12-15(14-20)6-7-17(16)21-3/h6-7,12,20H,4-5,8-11,13-14H2,1-3H3. The zero-order valence-electron chi connectivity index (χ0n) is 13.7. The van der Waals surface area contributed by atoms with Crippen LogP contribution in [0.5, 0.6) is 5.75 Å². The molecule has 0 radical (unpaired) electrons. The lowest BCUT2D eigenvalue weighted by atomic mass is 9.74. The molecule has 1 aromatic rings. The van der Waals surface area contributed by atoms with Crippen LogP contribution < -0.4 is 4.74 Å². The number of hydrogen-bond acceptors (Lipinski definition) is 3. The maximum absolute atomic E-state index is 9.31. The third-order valence-electron chi connectivity index (χ3n) is 5.34. The van der Waals surface area contributed by atoms with Crippen LogP contribution in [-0.4, -0.2) is 30.2 Å². The molecular formula is C18H29NO2. The number of piperidine rings is 1. The van der Waals surface area contributed by atoms with Gasteiger partial charge in [-0.2, -0.15) is 0 Å². The summed E-state index contributed by atoms with van der Waals surface area (Å²) in [4.78, 5) is 2.52. The lowest BCUT2D eigenvalue weighted by Gasteiger charge is -2.41. The third-order valence-corrected chi connectivity index (χ3v) is 5.34. The minimum atomic E-state index is 0.0891. The van der Waals surface area contributed by atoms with Crippen molar-refractivity contribution in [2.45, 2.75) is 52.7 Å². The van der Waals surface area contributed by atoms with Crippen LogP contribution in [0.3, 0.4) is 0 Å². The van der Waals surface area contributed by atoms with E-state index < -0.39 is 0 Å². The predicted octanol–water partition coefficient (Wildman–Crippen LogP) is 3.59. The molecule has 3 nitrogen and oxygen atoms in total. The van der Waals surface area contributed by atoms with Crippen LogP contribution in [0.15, 0.2) is 18.2 Å². The Kier molecular flexibility index (Phi) is 5.65. The predicted molar refractivity (Wildman–Crippen MR) is 86.4 cm³/mol. The highest BCUT2D eigenvalue weighted by molar-refractivity contribution is 5.37. The Labute approximate surface area is 128 Å². The summed E-state index contributed by atoms with van der Waals surface area (Å²) in [6.45, 7) is 7.98. The van der Waals surface area contributed by atoms with Gasteiger partial charge in [0.15, 0.2) is 0 Å². The van der Waals surface area contributed by atoms with E-state index in [-0.39, 0.29) is 6.61 Å². The zero-order chi connectivity index (χ0) is 15.3. The van der Waals surface area contributed by atoms with E-state index in [1.807, 2.05) is 12.1 Å². The molecule has 2 rings (SSSR count). The first-order chi connectivity index (χ1) is 10.2. The number of hydrogen-bond donors (Lipinski definition) is 1. The maximum Gasteiger partial charge on any atom is 0.123 e. The van der Waals surface area contributed by atoms with Gasteiger partial charge in [-0.3, -0.25) is 4.90 Å². The van der Waals surface area contributed by atoms with Crippen molar-refractivity contribution in [1.82, 2.24) is 4.90 Å². The molecule has 3 heteroatoms. The number of rotatable bonds is 6. The Morgan fingerprint density at radius 1 is 1.19 bits per heavy atom. The van der Waals surface area contributed by atoms with E-state index >= 15 is 0 Å². The molecule has 0 amide bonds. The first-order valence-electron chi connectivity index (χ1n) is 8.15. The fourth-order valence-electron chi connectivity index (χ4n) is 3.44. The zero-order valence-corrected chi connectivity index (χ0v) is 13.7. The van der Waals surface area contributed by atoms with Gasteiger partial charge in [0.05, 0.1) is 13.7 Å². The third kappa shape index (κ3) is 3.78. The summed E-state index contributed by atoms with van der Waals surface area (Å²) in [5, 5.41) is 9.31. The van der Waals surface area contributed by atoms with Crippen molar-refractivity contribution in [2.75, 3.05) is 20.2 Å². The van der Waals surface area contributed by atoms with Crippen molar-refractivity contribution in [3.8, 4) is 5.75 Å². The van der Waals surface area contributed by atoms with Crippen molar-refractivity contribution in [1.29, 1.82) is 0 Å². The molecule has 1 heterocycles. The molecule has 1 aromatic carbocycles. The molecule has 0 unspecified atom stereocenters. The highest BCUT2D eigenvalue weighted by atomic mass is 16.5. The summed E-state index contributed by atoms with van der Waals surface area (Å²) < 4.78 is 5.46. The van der Waals surface area contributed by atoms with Crippen molar-refractivity contribution >= 4 is 0 Å². The van der Waals surface area contributed by atoms with Crippen LogP contribution in [0.2, 0.25) is 0 Å². The lowest BCUT2D eigenvalue weighted by Crippen LogP contribution is -2.39. The minimum absolute atomic E-state index is 0.0891. The summed E-state index contributed by atoms with van der Waals surface area (Å²) in [5.74, 6) is 0.926. The van der Waals surface area contributed by atoms with Gasteiger partial charge < -0.3 is 9.84 Å². The number of aliphatic hydroxyl groups excluding tert-OH is 1. The van der Waals surface area contributed by atoms with E-state index in [1.165, 1.54) is 31.2 Å². The fourth-order valence-corrected chi connectivity index (χ4v) is 3.44. The van der Waals surface area contributed by atoms with Gasteiger partial charge in [-0.25, -0.2) is 0 Å². The second kappa shape index (κ2) is 7.28. The van der Waals surface area contributed by atoms with Crippen LogP contribution in [0, 0.1) is 5.41 Å². The first-order valence-corrected chi connectivity index (χ1v) is 8.15. The number of benzene rings is 1. The summed E-state index contributed by atoms with van der Waals surface area (Å²) in [6.07, 6.45) is 5.17. The largest absolute Gasteiger partial charge is 0.496 e. The van der Waals surface area contributed by atoms with Gasteiger partial charge >= 0.3 is 0 Å². The SMILES string of the molecule is CCC1(CC)CCN(Cc2cc(CO)ccc2OC)CC1. The van der Waals surface area contributed by atoms with Crippen LogP contribution in [0.4, 0.5) is 0 Å². The molecule has 0 bridgehead atoms. The molecule has 0 saturated carbocycles. The van der Waals surface area contributed by atoms with E-state index in [1.54, 1.807) is 7.11 Å². The highest BCUT2D eigenvalue weighted by Crippen LogP contribution is 2.38. The van der Waals surface area contributed by atoms with Crippen molar-refractivity contribution in [3.63, 3.8) is 0 Å². The molecule has 0 aromatic heterocycles. The van der Waals surface area contributed by atoms with Crippen LogP contribution in [0.1, 0.15) is 50.7 Å². The number of aliphatic hydroxyl groups is 1. The summed E-state index contributed by atoms with van der Waals surface area (Å²) >= 11 is 0. The smallest absolute Gasteiger partial charge is 0.123 e. The topological polar surface area (TPSA) is 32.7 Å². The maximum atomic E-state index is 9.31. The fraction of sp³-hybridized carbons (Fsp3) is 0.667. The number of methoxy groups -OCH3 is 1. The lowest BCUT2D eigenvalue weighted by molar-refractivity contribution is 0.0903. The highest BCUT2D eigenvalue weighted by Gasteiger charge is 2.31. The van der Waals surface area contributed by atoms with Crippen LogP contribution >= 0.6 is 0 Å². The number of likely N-dealkylation sites (tertiary alicyclic amines) is 1. The Bertz CT molecular complexity index is 445. The van der Waals surface area contributed by atoms with Gasteiger partial charge in [0.25, 0.3) is 0 Å². The monoisotopic (exact) mass is 291 g/mol. The molecule has 1 fully saturated rings. The Morgan fingerprint density at radius 2 is 1.86 bits per heavy atom. The van der Waals surface area contributed by atoms with E-state index in [4.69, 9.17) is 4.74 Å². The Balaban J connectivity index is 2.03. The first kappa shape index (κ1) is 16.3. The van der Waals surface area contributed by atoms with Crippen LogP contribution in [-0.2, 0) is 13.2 Å². The Hall–Kier alpha value is -1.06. The van der Waals surface area contributed by atoms with Gasteiger partial charge in [-0.1, -0.05) is 32.8 Å². The van der Waals surface area contributed by atoms with Crippen molar-refractivity contribution in [2.24, 2.45) is 5.41 Å². The molecule has 0 aliphatic carbocycles. The minimum Gasteiger partial charge on any atom is -0.496 e. The molecule has 1 saturated heterocycles. The molecule has 118 valence electrons. The van der Waals surface area contributed by atoms with Crippen molar-refractivity contribution in [3.05, 3.63) is 29.3 Å². The summed E-state index contributed by atoms with van der Waals surface area (Å²) in [5.41, 5.74) is 2.71. The van der Waals surface area contributed by atoms with E-state index in [0.717, 1.165) is 30.9 Å². The number of ether oxygens (including phenoxy) is 1. The molecular weight excluding hydrogens is 262 g/mol. The van der Waals surface area contributed by atoms with E-state index in [9.17, 15) is 5.11 Å². The average molecular weight is 291 g/mol. The average Bonchev–Trinajstić information content (AvgIpc) is 2.55. The summed E-state index contributed by atoms with van der Waals surface area (Å²) in [6, 6.07) is 5.96. The van der Waals surface area contributed by atoms with Gasteiger partial charge in [-0.05, 0) is 49.0 Å². The van der Waals surface area contributed by atoms with Gasteiger partial charge in [0, 0.05) is 12.1 Å². The van der Waals surface area contributed by atoms with Crippen LogP contribution in [0.25, 0.3) is 0 Å². The van der Waals surface area contributed by atoms with Crippen molar-refractivity contribution < 1.29 is 9.84 Å². The van der Waals surface area contributed by atoms with Gasteiger partial charge in [-0.15, -0.1) is 0 Å². The molecule has 21 heavy (non-hydrogen) atoms. The van der Waals surface area contributed by atoms with Gasteiger partial charge in [0.1, 0.15) is 5.75 Å². The molecule has 1 N–H and O–H groups in total. The second-order valence-corrected chi connectivity index (χ2v) is 6.29. The Morgan fingerprint density at radius 3 is 2.38 bits per heavy atom. The molecule has 0 spiro atoms. The quantitative estimate of drug-likeness (QED) is 0.869. The molecule has 1 aliphatic heterocycles. The summed E-state index contributed by atoms with van der Waals surface area (Å²) in [7, 11) is 1.72. The normalized spacial score (nSPS) is 18.7. The molecule has 1 aliphatic rings.